The van der Waals surface area contributed by atoms with E-state index in [0.717, 1.165) is 11.1 Å². The normalized spacial score (nSPS) is 13.8. The van der Waals surface area contributed by atoms with Crippen molar-refractivity contribution in [3.63, 3.8) is 0 Å². The SMILES string of the molecule is OCC(CO)(CO)COP(O)(O)(CCc1ccccc1)CCc1ccccc1. The molecular weight excluding hydrogens is 379 g/mol. The van der Waals surface area contributed by atoms with Gasteiger partial charge in [-0.05, 0) is 0 Å². The predicted octanol–water partition coefficient (Wildman–Crippen LogP) is 1.73. The third-order valence-electron chi connectivity index (χ3n) is 5.06. The Hall–Kier alpha value is -1.37. The second-order valence-electron chi connectivity index (χ2n) is 7.47. The summed E-state index contributed by atoms with van der Waals surface area (Å²) in [5.41, 5.74) is 0.593. The zero-order valence-electron chi connectivity index (χ0n) is 16.0. The van der Waals surface area contributed by atoms with Crippen LogP contribution < -0.4 is 0 Å². The van der Waals surface area contributed by atoms with Crippen molar-refractivity contribution < 1.29 is 29.6 Å². The third-order valence-corrected chi connectivity index (χ3v) is 8.03. The molecule has 0 aliphatic heterocycles. The maximum absolute atomic E-state index is 11.3. The minimum absolute atomic E-state index is 0.0286. The summed E-state index contributed by atoms with van der Waals surface area (Å²) in [5, 5.41) is 28.6. The molecule has 0 unspecified atom stereocenters. The second kappa shape index (κ2) is 9.90. The molecule has 156 valence electrons. The minimum atomic E-state index is -4.60. The third kappa shape index (κ3) is 6.61. The van der Waals surface area contributed by atoms with Crippen LogP contribution >= 0.6 is 7.28 Å². The maximum atomic E-state index is 11.3. The van der Waals surface area contributed by atoms with Crippen LogP contribution in [0.1, 0.15) is 11.1 Å². The van der Waals surface area contributed by atoms with E-state index in [4.69, 9.17) is 4.52 Å². The van der Waals surface area contributed by atoms with E-state index >= 15 is 0 Å². The molecule has 5 N–H and O–H groups in total. The Bertz CT molecular complexity index is 648. The fourth-order valence-electron chi connectivity index (χ4n) is 2.81. The van der Waals surface area contributed by atoms with Gasteiger partial charge < -0.3 is 0 Å². The number of aryl methyl sites for hydroxylation is 2. The van der Waals surface area contributed by atoms with Gasteiger partial charge in [0.15, 0.2) is 0 Å². The van der Waals surface area contributed by atoms with Crippen LogP contribution in [0.25, 0.3) is 0 Å². The Labute approximate surface area is 166 Å². The van der Waals surface area contributed by atoms with Gasteiger partial charge in [0, 0.05) is 0 Å². The van der Waals surface area contributed by atoms with Crippen molar-refractivity contribution >= 4 is 7.28 Å². The number of hydrogen-bond donors (Lipinski definition) is 5. The van der Waals surface area contributed by atoms with Gasteiger partial charge in [0.05, 0.1) is 0 Å². The van der Waals surface area contributed by atoms with Crippen molar-refractivity contribution in [3.8, 4) is 0 Å². The predicted molar refractivity (Wildman–Crippen MR) is 111 cm³/mol. The number of benzene rings is 2. The molecule has 0 aliphatic carbocycles. The average molecular weight is 410 g/mol. The molecule has 2 aromatic rings. The van der Waals surface area contributed by atoms with Crippen LogP contribution in [0.5, 0.6) is 0 Å². The summed E-state index contributed by atoms with van der Waals surface area (Å²) in [5.74, 6) is 0. The van der Waals surface area contributed by atoms with Gasteiger partial charge in [-0.1, -0.05) is 0 Å². The van der Waals surface area contributed by atoms with Gasteiger partial charge in [0.25, 0.3) is 0 Å². The molecule has 0 saturated carbocycles. The molecule has 7 heteroatoms. The van der Waals surface area contributed by atoms with Crippen molar-refractivity contribution in [2.45, 2.75) is 12.8 Å². The van der Waals surface area contributed by atoms with Crippen molar-refractivity contribution in [2.75, 3.05) is 38.8 Å². The molecule has 0 aliphatic rings. The first-order chi connectivity index (χ1) is 13.3. The summed E-state index contributed by atoms with van der Waals surface area (Å²) in [6, 6.07) is 19.0. The van der Waals surface area contributed by atoms with Gasteiger partial charge in [-0.3, -0.25) is 0 Å². The molecule has 6 nitrogen and oxygen atoms in total. The second-order valence-corrected chi connectivity index (χ2v) is 11.2. The first kappa shape index (κ1) is 22.9. The van der Waals surface area contributed by atoms with Crippen LogP contribution in [0, 0.1) is 5.41 Å². The summed E-state index contributed by atoms with van der Waals surface area (Å²) in [6.07, 6.45) is 0.900. The molecule has 0 aromatic heterocycles. The summed E-state index contributed by atoms with van der Waals surface area (Å²) >= 11 is 0. The van der Waals surface area contributed by atoms with Crippen LogP contribution in [0.3, 0.4) is 0 Å². The van der Waals surface area contributed by atoms with E-state index in [-0.39, 0.29) is 18.9 Å². The summed E-state index contributed by atoms with van der Waals surface area (Å²) in [6.45, 7) is -1.91. The molecule has 2 aromatic carbocycles. The van der Waals surface area contributed by atoms with Crippen LogP contribution in [0.4, 0.5) is 0 Å². The van der Waals surface area contributed by atoms with Gasteiger partial charge in [-0.2, -0.15) is 0 Å². The number of hydrogen-bond acceptors (Lipinski definition) is 6. The number of aliphatic hydroxyl groups is 3. The topological polar surface area (TPSA) is 110 Å². The standard InChI is InChI=1S/C21H31O6P/c22-15-21(16-23,17-24)18-27-28(25,26,13-11-19-7-3-1-4-8-19)14-12-20-9-5-2-6-10-20/h1-10,22-26H,11-18H2. The van der Waals surface area contributed by atoms with E-state index < -0.39 is 32.5 Å². The van der Waals surface area contributed by atoms with Crippen LogP contribution in [-0.4, -0.2) is 63.9 Å². The van der Waals surface area contributed by atoms with Gasteiger partial charge in [-0.15, -0.1) is 0 Å². The van der Waals surface area contributed by atoms with Gasteiger partial charge in [0.2, 0.25) is 0 Å². The summed E-state index contributed by atoms with van der Waals surface area (Å²) in [4.78, 5) is 22.5. The Kier molecular flexibility index (Phi) is 8.10. The first-order valence-electron chi connectivity index (χ1n) is 9.40. The molecule has 0 radical (unpaired) electrons. The number of rotatable bonds is 12. The van der Waals surface area contributed by atoms with Crippen molar-refractivity contribution in [1.82, 2.24) is 0 Å². The van der Waals surface area contributed by atoms with Gasteiger partial charge in [0.1, 0.15) is 0 Å². The van der Waals surface area contributed by atoms with E-state index in [9.17, 15) is 25.1 Å². The number of aliphatic hydroxyl groups excluding tert-OH is 3. The quantitative estimate of drug-likeness (QED) is 0.341. The summed E-state index contributed by atoms with van der Waals surface area (Å²) < 4.78 is 5.66. The fraction of sp³-hybridized carbons (Fsp3) is 0.429. The monoisotopic (exact) mass is 410 g/mol. The Morgan fingerprint density at radius 1 is 0.679 bits per heavy atom. The van der Waals surface area contributed by atoms with E-state index in [1.165, 1.54) is 0 Å². The first-order valence-corrected chi connectivity index (χ1v) is 11.8. The molecule has 0 atom stereocenters. The Morgan fingerprint density at radius 3 is 1.43 bits per heavy atom. The van der Waals surface area contributed by atoms with E-state index in [1.807, 2.05) is 60.7 Å². The van der Waals surface area contributed by atoms with Crippen LogP contribution in [0.2, 0.25) is 0 Å². The zero-order chi connectivity index (χ0) is 20.5. The van der Waals surface area contributed by atoms with E-state index in [2.05, 4.69) is 0 Å². The Balaban J connectivity index is 2.17. The van der Waals surface area contributed by atoms with Gasteiger partial charge in [-0.25, -0.2) is 0 Å². The molecule has 28 heavy (non-hydrogen) atoms. The molecular formula is C21H31O6P. The summed E-state index contributed by atoms with van der Waals surface area (Å²) in [7, 11) is -4.60. The Morgan fingerprint density at radius 2 is 1.07 bits per heavy atom. The van der Waals surface area contributed by atoms with Crippen LogP contribution in [-0.2, 0) is 17.4 Å². The van der Waals surface area contributed by atoms with E-state index in [0.29, 0.717) is 12.8 Å². The van der Waals surface area contributed by atoms with Crippen molar-refractivity contribution in [3.05, 3.63) is 71.8 Å². The molecule has 0 fully saturated rings. The average Bonchev–Trinajstić information content (AvgIpc) is 2.74. The van der Waals surface area contributed by atoms with E-state index in [1.54, 1.807) is 0 Å². The van der Waals surface area contributed by atoms with Crippen LogP contribution in [0.15, 0.2) is 60.7 Å². The molecule has 0 bridgehead atoms. The fourth-order valence-corrected chi connectivity index (χ4v) is 5.28. The molecule has 2 rings (SSSR count). The molecule has 0 heterocycles. The molecule has 0 amide bonds. The van der Waals surface area contributed by atoms with Crippen molar-refractivity contribution in [2.24, 2.45) is 5.41 Å². The molecule has 0 saturated heterocycles. The molecule has 0 spiro atoms. The zero-order valence-corrected chi connectivity index (χ0v) is 16.9. The van der Waals surface area contributed by atoms with Crippen molar-refractivity contribution in [1.29, 1.82) is 0 Å². The van der Waals surface area contributed by atoms with Gasteiger partial charge >= 0.3 is 166 Å².